The van der Waals surface area contributed by atoms with Crippen LogP contribution in [0, 0.1) is 13.8 Å². The van der Waals surface area contributed by atoms with Gasteiger partial charge in [0.2, 0.25) is 5.89 Å². The van der Waals surface area contributed by atoms with Crippen molar-refractivity contribution < 1.29 is 4.42 Å². The van der Waals surface area contributed by atoms with Crippen LogP contribution in [0.15, 0.2) is 40.8 Å². The Morgan fingerprint density at radius 1 is 1.20 bits per heavy atom. The van der Waals surface area contributed by atoms with Gasteiger partial charge in [-0.2, -0.15) is 0 Å². The molecule has 4 rings (SSSR count). The maximum Gasteiger partial charge on any atom is 0.257 e. The summed E-state index contributed by atoms with van der Waals surface area (Å²) in [5.74, 6) is 1.78. The highest BCUT2D eigenvalue weighted by molar-refractivity contribution is 7.15. The van der Waals surface area contributed by atoms with E-state index in [1.807, 2.05) is 0 Å². The van der Waals surface area contributed by atoms with Gasteiger partial charge in [-0.1, -0.05) is 29.8 Å². The molecule has 0 bridgehead atoms. The van der Waals surface area contributed by atoms with Crippen molar-refractivity contribution in [3.8, 4) is 10.8 Å². The van der Waals surface area contributed by atoms with Crippen molar-refractivity contribution in [1.82, 2.24) is 15.1 Å². The smallest absolute Gasteiger partial charge is 0.257 e. The molecule has 0 N–H and O–H groups in total. The van der Waals surface area contributed by atoms with Crippen LogP contribution in [0.5, 0.6) is 0 Å². The van der Waals surface area contributed by atoms with Gasteiger partial charge in [0.15, 0.2) is 0 Å². The number of hydrogen-bond donors (Lipinski definition) is 0. The molecule has 0 amide bonds. The van der Waals surface area contributed by atoms with Crippen LogP contribution >= 0.6 is 11.3 Å². The van der Waals surface area contributed by atoms with Gasteiger partial charge < -0.3 is 4.42 Å². The average Bonchev–Trinajstić information content (AvgIpc) is 3.24. The van der Waals surface area contributed by atoms with E-state index in [9.17, 15) is 0 Å². The number of piperidine rings is 1. The Kier molecular flexibility index (Phi) is 4.68. The van der Waals surface area contributed by atoms with Crippen molar-refractivity contribution in [3.63, 3.8) is 0 Å². The van der Waals surface area contributed by atoms with E-state index < -0.39 is 0 Å². The lowest BCUT2D eigenvalue weighted by Crippen LogP contribution is -2.34. The molecule has 2 aromatic heterocycles. The van der Waals surface area contributed by atoms with Crippen LogP contribution in [0.1, 0.15) is 40.7 Å². The second kappa shape index (κ2) is 7.10. The first-order chi connectivity index (χ1) is 12.2. The molecule has 1 saturated heterocycles. The quantitative estimate of drug-likeness (QED) is 0.676. The van der Waals surface area contributed by atoms with Crippen molar-refractivity contribution in [1.29, 1.82) is 0 Å². The molecular weight excluding hydrogens is 330 g/mol. The van der Waals surface area contributed by atoms with Crippen LogP contribution in [-0.4, -0.2) is 28.2 Å². The molecular formula is C20H23N3OS. The minimum atomic E-state index is 0.334. The van der Waals surface area contributed by atoms with E-state index in [2.05, 4.69) is 65.3 Å². The van der Waals surface area contributed by atoms with Gasteiger partial charge in [-0.05, 0) is 50.9 Å². The number of aryl methyl sites for hydroxylation is 2. The van der Waals surface area contributed by atoms with Crippen LogP contribution in [0.25, 0.3) is 10.8 Å². The van der Waals surface area contributed by atoms with Crippen LogP contribution in [0.4, 0.5) is 0 Å². The van der Waals surface area contributed by atoms with Crippen LogP contribution in [0.3, 0.4) is 0 Å². The molecule has 1 aliphatic rings. The minimum absolute atomic E-state index is 0.334. The largest absolute Gasteiger partial charge is 0.420 e. The molecule has 3 heterocycles. The van der Waals surface area contributed by atoms with Gasteiger partial charge >= 0.3 is 0 Å². The maximum absolute atomic E-state index is 6.00. The number of aromatic nitrogens is 2. The Bertz CT molecular complexity index is 854. The zero-order valence-corrected chi connectivity index (χ0v) is 15.6. The number of benzene rings is 1. The molecule has 0 aliphatic carbocycles. The molecule has 0 radical (unpaired) electrons. The first-order valence-corrected chi connectivity index (χ1v) is 9.67. The second-order valence-corrected chi connectivity index (χ2v) is 8.21. The Morgan fingerprint density at radius 3 is 2.92 bits per heavy atom. The molecule has 0 spiro atoms. The van der Waals surface area contributed by atoms with E-state index in [-0.39, 0.29) is 0 Å². The average molecular weight is 353 g/mol. The molecule has 1 fully saturated rings. The Labute approximate surface area is 152 Å². The van der Waals surface area contributed by atoms with Crippen molar-refractivity contribution >= 4 is 11.3 Å². The van der Waals surface area contributed by atoms with Crippen molar-refractivity contribution in [3.05, 3.63) is 58.3 Å². The zero-order valence-electron chi connectivity index (χ0n) is 14.7. The van der Waals surface area contributed by atoms with Crippen LogP contribution in [0.2, 0.25) is 0 Å². The Balaban J connectivity index is 1.45. The van der Waals surface area contributed by atoms with Gasteiger partial charge in [-0.3, -0.25) is 4.90 Å². The highest BCUT2D eigenvalue weighted by Gasteiger charge is 2.26. The van der Waals surface area contributed by atoms with Crippen molar-refractivity contribution in [2.24, 2.45) is 0 Å². The number of thiophene rings is 1. The maximum atomic E-state index is 6.00. The fourth-order valence-corrected chi connectivity index (χ4v) is 4.31. The van der Waals surface area contributed by atoms with Gasteiger partial charge in [0.25, 0.3) is 5.89 Å². The number of likely N-dealkylation sites (tertiary alicyclic amines) is 1. The molecule has 3 aromatic rings. The predicted octanol–water partition coefficient (Wildman–Crippen LogP) is 4.79. The summed E-state index contributed by atoms with van der Waals surface area (Å²) in [5, 5.41) is 8.62. The van der Waals surface area contributed by atoms with Gasteiger partial charge in [-0.25, -0.2) is 0 Å². The molecule has 1 aliphatic heterocycles. The number of rotatable bonds is 4. The summed E-state index contributed by atoms with van der Waals surface area (Å²) in [6, 6.07) is 12.9. The highest BCUT2D eigenvalue weighted by atomic mass is 32.1. The normalized spacial score (nSPS) is 18.6. The molecule has 5 heteroatoms. The van der Waals surface area contributed by atoms with Gasteiger partial charge in [0.05, 0.1) is 10.8 Å². The van der Waals surface area contributed by atoms with Crippen molar-refractivity contribution in [2.45, 2.75) is 39.2 Å². The molecule has 1 aromatic carbocycles. The first kappa shape index (κ1) is 16.5. The topological polar surface area (TPSA) is 42.2 Å². The lowest BCUT2D eigenvalue weighted by Gasteiger charge is -2.31. The van der Waals surface area contributed by atoms with Gasteiger partial charge in [0, 0.05) is 18.0 Å². The van der Waals surface area contributed by atoms with E-state index in [0.717, 1.165) is 36.8 Å². The third-order valence-electron chi connectivity index (χ3n) is 4.74. The summed E-state index contributed by atoms with van der Waals surface area (Å²) >= 11 is 1.70. The Hall–Kier alpha value is -1.98. The van der Waals surface area contributed by atoms with E-state index in [1.165, 1.54) is 22.4 Å². The summed E-state index contributed by atoms with van der Waals surface area (Å²) in [4.78, 5) is 4.82. The standard InChI is InChI=1S/C20H23N3OS/c1-14-5-3-6-16(11-14)12-23-10-4-7-17(13-23)19-21-22-20(24-19)18-9-8-15(2)25-18/h3,5-6,8-9,11,17H,4,7,10,12-13H2,1-2H3/t17-/m1/s1. The fraction of sp³-hybridized carbons (Fsp3) is 0.400. The molecule has 130 valence electrons. The van der Waals surface area contributed by atoms with E-state index in [1.54, 1.807) is 11.3 Å². The highest BCUT2D eigenvalue weighted by Crippen LogP contribution is 2.31. The Morgan fingerprint density at radius 2 is 2.12 bits per heavy atom. The van der Waals surface area contributed by atoms with Gasteiger partial charge in [0.1, 0.15) is 0 Å². The lowest BCUT2D eigenvalue weighted by atomic mass is 9.97. The first-order valence-electron chi connectivity index (χ1n) is 8.85. The second-order valence-electron chi connectivity index (χ2n) is 6.92. The molecule has 0 saturated carbocycles. The third kappa shape index (κ3) is 3.83. The van der Waals surface area contributed by atoms with Crippen LogP contribution in [-0.2, 0) is 6.54 Å². The third-order valence-corrected chi connectivity index (χ3v) is 5.72. The summed E-state index contributed by atoms with van der Waals surface area (Å²) in [6.07, 6.45) is 2.29. The van der Waals surface area contributed by atoms with Crippen LogP contribution < -0.4 is 0 Å². The molecule has 0 unspecified atom stereocenters. The van der Waals surface area contributed by atoms with E-state index in [0.29, 0.717) is 11.8 Å². The zero-order chi connectivity index (χ0) is 17.2. The fourth-order valence-electron chi connectivity index (χ4n) is 3.52. The van der Waals surface area contributed by atoms with Crippen molar-refractivity contribution in [2.75, 3.05) is 13.1 Å². The summed E-state index contributed by atoms with van der Waals surface area (Å²) in [6.45, 7) is 7.35. The summed E-state index contributed by atoms with van der Waals surface area (Å²) in [5.41, 5.74) is 2.69. The minimum Gasteiger partial charge on any atom is -0.420 e. The number of nitrogens with zero attached hydrogens (tertiary/aromatic N) is 3. The van der Waals surface area contributed by atoms with E-state index in [4.69, 9.17) is 4.42 Å². The monoisotopic (exact) mass is 353 g/mol. The molecule has 25 heavy (non-hydrogen) atoms. The van der Waals surface area contributed by atoms with E-state index >= 15 is 0 Å². The summed E-state index contributed by atoms with van der Waals surface area (Å²) in [7, 11) is 0. The molecule has 1 atom stereocenters. The lowest BCUT2D eigenvalue weighted by molar-refractivity contribution is 0.186. The SMILES string of the molecule is Cc1cccc(CN2CCC[C@@H](c3nnc(-c4ccc(C)s4)o3)C2)c1. The van der Waals surface area contributed by atoms with Gasteiger partial charge in [-0.15, -0.1) is 21.5 Å². The predicted molar refractivity (Wildman–Crippen MR) is 101 cm³/mol. The summed E-state index contributed by atoms with van der Waals surface area (Å²) < 4.78 is 6.00. The number of hydrogen-bond acceptors (Lipinski definition) is 5. The molecule has 4 nitrogen and oxygen atoms in total.